The number of pyridine rings is 1. The van der Waals surface area contributed by atoms with Gasteiger partial charge in [0.25, 0.3) is 11.8 Å². The van der Waals surface area contributed by atoms with Crippen molar-refractivity contribution >= 4 is 39.3 Å². The first kappa shape index (κ1) is 18.4. The molecule has 126 valence electrons. The summed E-state index contributed by atoms with van der Waals surface area (Å²) in [5.41, 5.74) is 2.81. The molecule has 7 heteroatoms. The molecule has 0 saturated heterocycles. The lowest BCUT2D eigenvalue weighted by molar-refractivity contribution is 0.0357. The summed E-state index contributed by atoms with van der Waals surface area (Å²) in [7, 11) is 0. The maximum Gasteiger partial charge on any atom is 0.275 e. The third kappa shape index (κ3) is 4.33. The first-order valence-electron chi connectivity index (χ1n) is 7.22. The van der Waals surface area contributed by atoms with Gasteiger partial charge in [0.05, 0.1) is 11.1 Å². The van der Waals surface area contributed by atoms with E-state index in [0.717, 1.165) is 0 Å². The zero-order valence-electron chi connectivity index (χ0n) is 13.5. The van der Waals surface area contributed by atoms with Gasteiger partial charge >= 0.3 is 0 Å². The van der Waals surface area contributed by atoms with Crippen molar-refractivity contribution in [2.75, 3.05) is 0 Å². The zero-order valence-corrected chi connectivity index (χ0v) is 15.9. The second-order valence-corrected chi connectivity index (χ2v) is 7.29. The Morgan fingerprint density at radius 3 is 2.33 bits per heavy atom. The Labute approximate surface area is 154 Å². The maximum absolute atomic E-state index is 12.9. The van der Waals surface area contributed by atoms with Gasteiger partial charge in [-0.05, 0) is 73.1 Å². The summed E-state index contributed by atoms with van der Waals surface area (Å²) in [6, 6.07) is 9.76. The Hall–Kier alpha value is -1.92. The van der Waals surface area contributed by atoms with Gasteiger partial charge in [0.2, 0.25) is 0 Å². The smallest absolute Gasteiger partial charge is 0.267 e. The summed E-state index contributed by atoms with van der Waals surface area (Å²) in [6.45, 7) is 5.49. The number of rotatable bonds is 2. The van der Waals surface area contributed by atoms with E-state index in [9.17, 15) is 9.59 Å². The predicted molar refractivity (Wildman–Crippen MR) is 96.8 cm³/mol. The second-order valence-electron chi connectivity index (χ2n) is 6.10. The summed E-state index contributed by atoms with van der Waals surface area (Å²) in [5.74, 6) is -0.750. The highest BCUT2D eigenvalue weighted by Crippen LogP contribution is 2.20. The van der Waals surface area contributed by atoms with Gasteiger partial charge in [-0.15, -0.1) is 0 Å². The number of nitrogens with zero attached hydrogens (tertiary/aromatic N) is 2. The van der Waals surface area contributed by atoms with Gasteiger partial charge in [0.1, 0.15) is 4.60 Å². The topological polar surface area (TPSA) is 62.3 Å². The number of amides is 2. The molecule has 0 aliphatic heterocycles. The first-order chi connectivity index (χ1) is 11.2. The number of hydrogen-bond donors (Lipinski definition) is 1. The lowest BCUT2D eigenvalue weighted by Gasteiger charge is -2.35. The van der Waals surface area contributed by atoms with Crippen LogP contribution in [0.25, 0.3) is 0 Å². The summed E-state index contributed by atoms with van der Waals surface area (Å²) in [4.78, 5) is 29.4. The van der Waals surface area contributed by atoms with E-state index < -0.39 is 11.4 Å². The number of nitrogens with one attached hydrogen (secondary N) is 1. The quantitative estimate of drug-likeness (QED) is 0.599. The van der Waals surface area contributed by atoms with E-state index in [1.54, 1.807) is 42.6 Å². The van der Waals surface area contributed by atoms with Crippen LogP contribution in [0.1, 0.15) is 41.5 Å². The van der Waals surface area contributed by atoms with Crippen molar-refractivity contribution in [1.29, 1.82) is 0 Å². The number of benzene rings is 1. The summed E-state index contributed by atoms with van der Waals surface area (Å²) < 4.78 is 0.421. The normalized spacial score (nSPS) is 11.0. The van der Waals surface area contributed by atoms with Gasteiger partial charge in [-0.1, -0.05) is 11.6 Å². The molecule has 0 aliphatic carbocycles. The molecule has 24 heavy (non-hydrogen) atoms. The van der Waals surface area contributed by atoms with Crippen molar-refractivity contribution in [2.24, 2.45) is 0 Å². The fraction of sp³-hybridized carbons (Fsp3) is 0.235. The third-order valence-electron chi connectivity index (χ3n) is 3.18. The molecule has 0 radical (unpaired) electrons. The Balaban J connectivity index is 2.30. The van der Waals surface area contributed by atoms with E-state index in [1.807, 2.05) is 20.8 Å². The number of hydrazine groups is 1. The van der Waals surface area contributed by atoms with E-state index in [2.05, 4.69) is 26.3 Å². The maximum atomic E-state index is 12.9. The van der Waals surface area contributed by atoms with Crippen LogP contribution in [0.5, 0.6) is 0 Å². The fourth-order valence-corrected chi connectivity index (χ4v) is 2.50. The van der Waals surface area contributed by atoms with Gasteiger partial charge in [-0.2, -0.15) is 0 Å². The minimum absolute atomic E-state index is 0.357. The van der Waals surface area contributed by atoms with Gasteiger partial charge < -0.3 is 0 Å². The average molecular weight is 411 g/mol. The molecule has 0 atom stereocenters. The molecule has 2 rings (SSSR count). The molecule has 0 bridgehead atoms. The van der Waals surface area contributed by atoms with Gasteiger partial charge in [-0.25, -0.2) is 9.99 Å². The Bertz CT molecular complexity index is 757. The summed E-state index contributed by atoms with van der Waals surface area (Å²) >= 11 is 9.10. The second kappa shape index (κ2) is 7.32. The predicted octanol–water partition coefficient (Wildman–Crippen LogP) is 4.08. The van der Waals surface area contributed by atoms with Crippen LogP contribution >= 0.6 is 27.5 Å². The molecule has 1 N–H and O–H groups in total. The van der Waals surface area contributed by atoms with Crippen LogP contribution in [0.2, 0.25) is 5.02 Å². The molecule has 0 saturated carbocycles. The highest BCUT2D eigenvalue weighted by molar-refractivity contribution is 9.10. The molecule has 1 aromatic heterocycles. The number of halogens is 2. The molecular weight excluding hydrogens is 394 g/mol. The van der Waals surface area contributed by atoms with Crippen molar-refractivity contribution in [2.45, 2.75) is 26.3 Å². The van der Waals surface area contributed by atoms with Crippen LogP contribution in [0.4, 0.5) is 0 Å². The van der Waals surface area contributed by atoms with Crippen molar-refractivity contribution < 1.29 is 9.59 Å². The van der Waals surface area contributed by atoms with Crippen molar-refractivity contribution in [3.63, 3.8) is 0 Å². The van der Waals surface area contributed by atoms with Crippen LogP contribution in [0.3, 0.4) is 0 Å². The Kier molecular flexibility index (Phi) is 5.62. The molecule has 5 nitrogen and oxygen atoms in total. The van der Waals surface area contributed by atoms with E-state index in [4.69, 9.17) is 11.6 Å². The van der Waals surface area contributed by atoms with Crippen LogP contribution in [-0.4, -0.2) is 27.3 Å². The molecular formula is C17H17BrClN3O2. The van der Waals surface area contributed by atoms with Gasteiger partial charge in [0.15, 0.2) is 0 Å². The van der Waals surface area contributed by atoms with Crippen LogP contribution in [0, 0.1) is 0 Å². The molecule has 0 unspecified atom stereocenters. The van der Waals surface area contributed by atoms with E-state index in [1.165, 1.54) is 5.01 Å². The Morgan fingerprint density at radius 1 is 1.17 bits per heavy atom. The van der Waals surface area contributed by atoms with Crippen molar-refractivity contribution in [3.05, 3.63) is 63.3 Å². The monoisotopic (exact) mass is 409 g/mol. The molecule has 1 aromatic carbocycles. The molecule has 0 spiro atoms. The third-order valence-corrected chi connectivity index (χ3v) is 4.07. The van der Waals surface area contributed by atoms with E-state index in [0.29, 0.717) is 20.8 Å². The van der Waals surface area contributed by atoms with Crippen LogP contribution in [0.15, 0.2) is 47.2 Å². The van der Waals surface area contributed by atoms with E-state index >= 15 is 0 Å². The number of carbonyl (C=O) groups excluding carboxylic acids is 2. The highest BCUT2D eigenvalue weighted by atomic mass is 79.9. The van der Waals surface area contributed by atoms with Gasteiger partial charge in [-0.3, -0.25) is 15.0 Å². The van der Waals surface area contributed by atoms with Crippen LogP contribution < -0.4 is 5.43 Å². The largest absolute Gasteiger partial charge is 0.275 e. The van der Waals surface area contributed by atoms with E-state index in [-0.39, 0.29) is 5.91 Å². The molecule has 2 aromatic rings. The SMILES string of the molecule is CC(C)(C)N(NC(=O)c1ccc(Cl)cc1)C(=O)c1cccnc1Br. The minimum Gasteiger partial charge on any atom is -0.267 e. The molecule has 2 amide bonds. The van der Waals surface area contributed by atoms with Crippen molar-refractivity contribution in [3.8, 4) is 0 Å². The first-order valence-corrected chi connectivity index (χ1v) is 8.39. The average Bonchev–Trinajstić information content (AvgIpc) is 2.52. The van der Waals surface area contributed by atoms with Gasteiger partial charge in [0, 0.05) is 16.8 Å². The fourth-order valence-electron chi connectivity index (χ4n) is 1.96. The molecule has 0 fully saturated rings. The molecule has 0 aliphatic rings. The Morgan fingerprint density at radius 2 is 1.79 bits per heavy atom. The minimum atomic E-state index is -0.631. The summed E-state index contributed by atoms with van der Waals surface area (Å²) in [5, 5.41) is 1.83. The van der Waals surface area contributed by atoms with Crippen LogP contribution in [-0.2, 0) is 0 Å². The standard InChI is InChI=1S/C17H17BrClN3O2/c1-17(2,3)22(16(24)13-5-4-10-20-14(13)18)21-15(23)11-6-8-12(19)9-7-11/h4-10H,1-3H3,(H,21,23). The lowest BCUT2D eigenvalue weighted by atomic mass is 10.1. The zero-order chi connectivity index (χ0) is 17.9. The number of aromatic nitrogens is 1. The number of carbonyl (C=O) groups is 2. The molecule has 1 heterocycles. The lowest BCUT2D eigenvalue weighted by Crippen LogP contribution is -2.56. The van der Waals surface area contributed by atoms with Crippen molar-refractivity contribution in [1.82, 2.24) is 15.4 Å². The summed E-state index contributed by atoms with van der Waals surface area (Å²) in [6.07, 6.45) is 1.58. The number of hydrogen-bond acceptors (Lipinski definition) is 3. The highest BCUT2D eigenvalue weighted by Gasteiger charge is 2.30.